The van der Waals surface area contributed by atoms with Crippen molar-refractivity contribution in [2.24, 2.45) is 0 Å². The van der Waals surface area contributed by atoms with Crippen LogP contribution in [0.2, 0.25) is 0 Å². The first-order valence-corrected chi connectivity index (χ1v) is 5.35. The zero-order valence-corrected chi connectivity index (χ0v) is 9.51. The summed E-state index contributed by atoms with van der Waals surface area (Å²) in [6, 6.07) is 8.33. The van der Waals surface area contributed by atoms with Gasteiger partial charge in [-0.25, -0.2) is 0 Å². The van der Waals surface area contributed by atoms with Crippen molar-refractivity contribution in [3.8, 4) is 0 Å². The molecule has 2 rings (SSSR count). The summed E-state index contributed by atoms with van der Waals surface area (Å²) < 4.78 is 0. The highest BCUT2D eigenvalue weighted by atomic mass is 14.9. The molecule has 0 amide bonds. The molecule has 0 bridgehead atoms. The van der Waals surface area contributed by atoms with Crippen LogP contribution < -0.4 is 5.32 Å². The number of hydrogen-bond donors (Lipinski definition) is 1. The molecule has 1 atom stereocenters. The van der Waals surface area contributed by atoms with Gasteiger partial charge in [0, 0.05) is 24.1 Å². The van der Waals surface area contributed by atoms with Crippen molar-refractivity contribution in [2.45, 2.75) is 19.9 Å². The Morgan fingerprint density at radius 3 is 2.50 bits per heavy atom. The molecule has 0 fully saturated rings. The molecular weight excluding hydrogens is 198 g/mol. The number of pyridine rings is 2. The zero-order chi connectivity index (χ0) is 11.4. The van der Waals surface area contributed by atoms with E-state index >= 15 is 0 Å². The highest BCUT2D eigenvalue weighted by molar-refractivity contribution is 5.43. The van der Waals surface area contributed by atoms with E-state index in [1.54, 1.807) is 12.4 Å². The summed E-state index contributed by atoms with van der Waals surface area (Å²) in [5, 5.41) is 3.40. The van der Waals surface area contributed by atoms with Crippen LogP contribution in [0.1, 0.15) is 24.2 Å². The van der Waals surface area contributed by atoms with Crippen LogP contribution in [0.4, 0.5) is 5.69 Å². The Bertz CT molecular complexity index is 436. The molecule has 0 aliphatic heterocycles. The van der Waals surface area contributed by atoms with E-state index in [2.05, 4.69) is 22.2 Å². The van der Waals surface area contributed by atoms with Gasteiger partial charge in [-0.2, -0.15) is 0 Å². The van der Waals surface area contributed by atoms with Crippen molar-refractivity contribution in [3.05, 3.63) is 54.1 Å². The van der Waals surface area contributed by atoms with E-state index in [9.17, 15) is 0 Å². The van der Waals surface area contributed by atoms with Crippen molar-refractivity contribution in [1.29, 1.82) is 0 Å². The second kappa shape index (κ2) is 4.75. The Kier molecular flexibility index (Phi) is 3.15. The van der Waals surface area contributed by atoms with Gasteiger partial charge in [0.1, 0.15) is 0 Å². The molecule has 0 spiro atoms. The van der Waals surface area contributed by atoms with Gasteiger partial charge < -0.3 is 5.32 Å². The third kappa shape index (κ3) is 2.57. The molecule has 2 aromatic heterocycles. The minimum absolute atomic E-state index is 0.257. The normalized spacial score (nSPS) is 12.1. The van der Waals surface area contributed by atoms with Crippen LogP contribution in [0.25, 0.3) is 0 Å². The van der Waals surface area contributed by atoms with Gasteiger partial charge in [-0.1, -0.05) is 0 Å². The monoisotopic (exact) mass is 213 g/mol. The molecule has 0 radical (unpaired) electrons. The molecule has 2 heterocycles. The largest absolute Gasteiger partial charge is 0.377 e. The molecule has 0 aliphatic carbocycles. The Balaban J connectivity index is 2.08. The zero-order valence-electron chi connectivity index (χ0n) is 9.51. The fraction of sp³-hybridized carbons (Fsp3) is 0.231. The first kappa shape index (κ1) is 10.6. The molecule has 0 saturated heterocycles. The van der Waals surface area contributed by atoms with Crippen LogP contribution in [0.15, 0.2) is 42.9 Å². The molecule has 3 heteroatoms. The van der Waals surface area contributed by atoms with Crippen molar-refractivity contribution >= 4 is 5.69 Å². The first-order chi connectivity index (χ1) is 7.75. The summed E-state index contributed by atoms with van der Waals surface area (Å²) in [7, 11) is 0. The highest BCUT2D eigenvalue weighted by Gasteiger charge is 2.04. The van der Waals surface area contributed by atoms with E-state index in [1.165, 1.54) is 5.56 Å². The van der Waals surface area contributed by atoms with Crippen molar-refractivity contribution in [2.75, 3.05) is 5.32 Å². The molecule has 2 aromatic rings. The predicted molar refractivity (Wildman–Crippen MR) is 65.2 cm³/mol. The second-order valence-electron chi connectivity index (χ2n) is 3.83. The average molecular weight is 213 g/mol. The average Bonchev–Trinajstić information content (AvgIpc) is 2.33. The van der Waals surface area contributed by atoms with E-state index in [-0.39, 0.29) is 6.04 Å². The Hall–Kier alpha value is -1.90. The topological polar surface area (TPSA) is 37.8 Å². The number of hydrogen-bond acceptors (Lipinski definition) is 3. The van der Waals surface area contributed by atoms with Crippen LogP contribution >= 0.6 is 0 Å². The molecule has 1 unspecified atom stereocenters. The van der Waals surface area contributed by atoms with Crippen molar-refractivity contribution in [3.63, 3.8) is 0 Å². The predicted octanol–water partition coefficient (Wildman–Crippen LogP) is 2.96. The highest BCUT2D eigenvalue weighted by Crippen LogP contribution is 2.17. The lowest BCUT2D eigenvalue weighted by Gasteiger charge is -2.15. The van der Waals surface area contributed by atoms with Gasteiger partial charge in [0.25, 0.3) is 0 Å². The van der Waals surface area contributed by atoms with E-state index in [0.717, 1.165) is 11.4 Å². The first-order valence-electron chi connectivity index (χ1n) is 5.35. The molecule has 0 saturated carbocycles. The second-order valence-corrected chi connectivity index (χ2v) is 3.83. The minimum Gasteiger partial charge on any atom is -0.377 e. The van der Waals surface area contributed by atoms with E-state index in [4.69, 9.17) is 0 Å². The summed E-state index contributed by atoms with van der Waals surface area (Å²) in [5.41, 5.74) is 3.28. The quantitative estimate of drug-likeness (QED) is 0.851. The number of rotatable bonds is 3. The van der Waals surface area contributed by atoms with Gasteiger partial charge in [-0.3, -0.25) is 9.97 Å². The number of aryl methyl sites for hydroxylation is 1. The summed E-state index contributed by atoms with van der Waals surface area (Å²) in [4.78, 5) is 8.26. The molecular formula is C13H15N3. The SMILES string of the molecule is Cc1ccc(NC(C)c2ccncc2)cn1. The Morgan fingerprint density at radius 1 is 1.12 bits per heavy atom. The lowest BCUT2D eigenvalue weighted by atomic mass is 10.1. The van der Waals surface area contributed by atoms with Gasteiger partial charge in [0.2, 0.25) is 0 Å². The minimum atomic E-state index is 0.257. The van der Waals surface area contributed by atoms with Crippen LogP contribution in [0, 0.1) is 6.92 Å². The molecule has 0 aliphatic rings. The van der Waals surface area contributed by atoms with Gasteiger partial charge >= 0.3 is 0 Å². The number of anilines is 1. The fourth-order valence-corrected chi connectivity index (χ4v) is 1.54. The summed E-state index contributed by atoms with van der Waals surface area (Å²) in [6.45, 7) is 4.10. The molecule has 0 aromatic carbocycles. The smallest absolute Gasteiger partial charge is 0.0531 e. The number of nitrogens with zero attached hydrogens (tertiary/aromatic N) is 2. The summed E-state index contributed by atoms with van der Waals surface area (Å²) >= 11 is 0. The van der Waals surface area contributed by atoms with Gasteiger partial charge in [0.15, 0.2) is 0 Å². The van der Waals surface area contributed by atoms with E-state index < -0.39 is 0 Å². The third-order valence-corrected chi connectivity index (χ3v) is 2.50. The van der Waals surface area contributed by atoms with Gasteiger partial charge in [-0.05, 0) is 43.7 Å². The van der Waals surface area contributed by atoms with Crippen molar-refractivity contribution in [1.82, 2.24) is 9.97 Å². The van der Waals surface area contributed by atoms with Crippen LogP contribution in [-0.2, 0) is 0 Å². The van der Waals surface area contributed by atoms with Gasteiger partial charge in [-0.15, -0.1) is 0 Å². The number of aromatic nitrogens is 2. The maximum atomic E-state index is 4.25. The molecule has 16 heavy (non-hydrogen) atoms. The lowest BCUT2D eigenvalue weighted by molar-refractivity contribution is 0.878. The van der Waals surface area contributed by atoms with Gasteiger partial charge in [0.05, 0.1) is 11.9 Å². The molecule has 3 nitrogen and oxygen atoms in total. The maximum Gasteiger partial charge on any atom is 0.0531 e. The van der Waals surface area contributed by atoms with Crippen LogP contribution in [0.5, 0.6) is 0 Å². The number of nitrogens with one attached hydrogen (secondary N) is 1. The fourth-order valence-electron chi connectivity index (χ4n) is 1.54. The summed E-state index contributed by atoms with van der Waals surface area (Å²) in [6.07, 6.45) is 5.47. The molecule has 82 valence electrons. The standard InChI is InChI=1S/C13H15N3/c1-10-3-4-13(9-15-10)16-11(2)12-5-7-14-8-6-12/h3-9,11,16H,1-2H3. The Labute approximate surface area is 95.6 Å². The summed E-state index contributed by atoms with van der Waals surface area (Å²) in [5.74, 6) is 0. The maximum absolute atomic E-state index is 4.25. The van der Waals surface area contributed by atoms with E-state index in [1.807, 2.05) is 37.4 Å². The molecule has 1 N–H and O–H groups in total. The van der Waals surface area contributed by atoms with E-state index in [0.29, 0.717) is 0 Å². The van der Waals surface area contributed by atoms with Crippen molar-refractivity contribution < 1.29 is 0 Å². The lowest BCUT2D eigenvalue weighted by Crippen LogP contribution is -2.06. The van der Waals surface area contributed by atoms with Crippen LogP contribution in [0.3, 0.4) is 0 Å². The Morgan fingerprint density at radius 2 is 1.88 bits per heavy atom. The van der Waals surface area contributed by atoms with Crippen LogP contribution in [-0.4, -0.2) is 9.97 Å². The third-order valence-electron chi connectivity index (χ3n) is 2.50.